The number of rotatable bonds is 3. The lowest BCUT2D eigenvalue weighted by Crippen LogP contribution is -1.97. The monoisotopic (exact) mass is 351 g/mol. The second kappa shape index (κ2) is 5.86. The summed E-state index contributed by atoms with van der Waals surface area (Å²) in [4.78, 5) is 15.3. The predicted molar refractivity (Wildman–Crippen MR) is 100 cm³/mol. The van der Waals surface area contributed by atoms with E-state index in [0.29, 0.717) is 16.3 Å². The predicted octanol–water partition coefficient (Wildman–Crippen LogP) is 5.44. The zero-order valence-corrected chi connectivity index (χ0v) is 14.2. The number of hydrogen-bond donors (Lipinski definition) is 0. The van der Waals surface area contributed by atoms with Crippen LogP contribution in [0.1, 0.15) is 6.92 Å². The average Bonchev–Trinajstić information content (AvgIpc) is 2.96. The normalized spacial score (nSPS) is 11.3. The van der Waals surface area contributed by atoms with Crippen molar-refractivity contribution < 1.29 is 4.92 Å². The molecule has 2 aromatic carbocycles. The van der Waals surface area contributed by atoms with Crippen molar-refractivity contribution in [2.45, 2.75) is 13.5 Å². The highest BCUT2D eigenvalue weighted by Gasteiger charge is 2.19. The van der Waals surface area contributed by atoms with Crippen LogP contribution in [-0.4, -0.2) is 14.5 Å². The summed E-state index contributed by atoms with van der Waals surface area (Å²) < 4.78 is 2.17. The summed E-state index contributed by atoms with van der Waals surface area (Å²) in [5.74, 6) is 0. The molecule has 0 N–H and O–H groups in total. The van der Waals surface area contributed by atoms with Crippen molar-refractivity contribution in [3.05, 3.63) is 69.9 Å². The first-order valence-corrected chi connectivity index (χ1v) is 8.30. The lowest BCUT2D eigenvalue weighted by Gasteiger charge is -2.09. The van der Waals surface area contributed by atoms with Crippen LogP contribution in [-0.2, 0) is 6.54 Å². The molecule has 2 heterocycles. The summed E-state index contributed by atoms with van der Waals surface area (Å²) in [5.41, 5.74) is 3.27. The van der Waals surface area contributed by atoms with Crippen LogP contribution in [0, 0.1) is 10.1 Å². The van der Waals surface area contributed by atoms with Gasteiger partial charge in [-0.15, -0.1) is 0 Å². The second-order valence-corrected chi connectivity index (χ2v) is 6.15. The van der Waals surface area contributed by atoms with Gasteiger partial charge in [0.25, 0.3) is 5.69 Å². The minimum absolute atomic E-state index is 0.00244. The number of aromatic nitrogens is 2. The van der Waals surface area contributed by atoms with Gasteiger partial charge in [0, 0.05) is 46.7 Å². The summed E-state index contributed by atoms with van der Waals surface area (Å²) in [6.07, 6.45) is 1.72. The highest BCUT2D eigenvalue weighted by molar-refractivity contribution is 6.33. The van der Waals surface area contributed by atoms with Crippen molar-refractivity contribution in [2.24, 2.45) is 0 Å². The van der Waals surface area contributed by atoms with Crippen LogP contribution in [0.3, 0.4) is 0 Å². The lowest BCUT2D eigenvalue weighted by atomic mass is 10.1. The standard InChI is InChI=1S/C19H14ClN3O2/c1-2-22-17-6-4-3-5-13(17)14-9-10-21-18(19(14)22)15-11-12(23(24)25)7-8-16(15)20/h3-11H,2H2,1H3. The van der Waals surface area contributed by atoms with Gasteiger partial charge in [0.1, 0.15) is 0 Å². The minimum Gasteiger partial charge on any atom is -0.339 e. The Morgan fingerprint density at radius 3 is 2.72 bits per heavy atom. The van der Waals surface area contributed by atoms with E-state index in [1.165, 1.54) is 12.1 Å². The van der Waals surface area contributed by atoms with Gasteiger partial charge in [0.15, 0.2) is 0 Å². The molecule has 0 unspecified atom stereocenters. The smallest absolute Gasteiger partial charge is 0.270 e. The van der Waals surface area contributed by atoms with Crippen molar-refractivity contribution in [1.29, 1.82) is 0 Å². The first-order valence-electron chi connectivity index (χ1n) is 7.92. The quantitative estimate of drug-likeness (QED) is 0.365. The number of non-ortho nitro benzene ring substituents is 1. The Kier molecular flexibility index (Phi) is 3.66. The van der Waals surface area contributed by atoms with Crippen molar-refractivity contribution >= 4 is 39.1 Å². The van der Waals surface area contributed by atoms with Gasteiger partial charge in [-0.3, -0.25) is 15.1 Å². The van der Waals surface area contributed by atoms with Gasteiger partial charge in [0.05, 0.1) is 21.2 Å². The van der Waals surface area contributed by atoms with Crippen molar-refractivity contribution in [2.75, 3.05) is 0 Å². The number of benzene rings is 2. The van der Waals surface area contributed by atoms with Crippen molar-refractivity contribution in [3.8, 4) is 11.3 Å². The number of pyridine rings is 1. The third-order valence-corrected chi connectivity index (χ3v) is 4.74. The molecule has 0 aliphatic rings. The van der Waals surface area contributed by atoms with E-state index in [9.17, 15) is 10.1 Å². The number of nitrogens with zero attached hydrogens (tertiary/aromatic N) is 3. The van der Waals surface area contributed by atoms with Gasteiger partial charge < -0.3 is 4.57 Å². The number of halogens is 1. The van der Waals surface area contributed by atoms with Gasteiger partial charge in [-0.2, -0.15) is 0 Å². The third-order valence-electron chi connectivity index (χ3n) is 4.41. The van der Waals surface area contributed by atoms with Crippen LogP contribution in [0.2, 0.25) is 5.02 Å². The van der Waals surface area contributed by atoms with Gasteiger partial charge >= 0.3 is 0 Å². The fourth-order valence-electron chi connectivity index (χ4n) is 3.34. The molecule has 0 saturated carbocycles. The first kappa shape index (κ1) is 15.6. The van der Waals surface area contributed by atoms with Gasteiger partial charge in [-0.05, 0) is 25.1 Å². The lowest BCUT2D eigenvalue weighted by molar-refractivity contribution is -0.384. The molecule has 5 nitrogen and oxygen atoms in total. The molecule has 0 aliphatic carbocycles. The Morgan fingerprint density at radius 2 is 1.96 bits per heavy atom. The Morgan fingerprint density at radius 1 is 1.16 bits per heavy atom. The third kappa shape index (κ3) is 2.36. The molecule has 25 heavy (non-hydrogen) atoms. The molecule has 6 heteroatoms. The van der Waals surface area contributed by atoms with Crippen LogP contribution < -0.4 is 0 Å². The van der Waals surface area contributed by atoms with Crippen LogP contribution in [0.5, 0.6) is 0 Å². The van der Waals surface area contributed by atoms with Gasteiger partial charge in [-0.25, -0.2) is 0 Å². The number of nitro groups is 1. The molecular formula is C19H14ClN3O2. The minimum atomic E-state index is -0.421. The fraction of sp³-hybridized carbons (Fsp3) is 0.105. The average molecular weight is 352 g/mol. The van der Waals surface area contributed by atoms with E-state index in [1.807, 2.05) is 18.2 Å². The summed E-state index contributed by atoms with van der Waals surface area (Å²) in [6, 6.07) is 14.6. The first-order chi connectivity index (χ1) is 12.1. The summed E-state index contributed by atoms with van der Waals surface area (Å²) in [5, 5.41) is 13.8. The molecule has 0 radical (unpaired) electrons. The molecule has 0 saturated heterocycles. The number of hydrogen-bond acceptors (Lipinski definition) is 3. The number of aryl methyl sites for hydroxylation is 1. The van der Waals surface area contributed by atoms with E-state index < -0.39 is 4.92 Å². The van der Waals surface area contributed by atoms with E-state index >= 15 is 0 Å². The van der Waals surface area contributed by atoms with Crippen molar-refractivity contribution in [1.82, 2.24) is 9.55 Å². The van der Waals surface area contributed by atoms with Crippen LogP contribution in [0.15, 0.2) is 54.7 Å². The summed E-state index contributed by atoms with van der Waals surface area (Å²) in [6.45, 7) is 2.83. The van der Waals surface area contributed by atoms with Gasteiger partial charge in [0.2, 0.25) is 0 Å². The fourth-order valence-corrected chi connectivity index (χ4v) is 3.54. The van der Waals surface area contributed by atoms with Gasteiger partial charge in [-0.1, -0.05) is 29.8 Å². The molecule has 0 aliphatic heterocycles. The molecule has 0 atom stereocenters. The zero-order chi connectivity index (χ0) is 17.6. The zero-order valence-electron chi connectivity index (χ0n) is 13.4. The SMILES string of the molecule is CCn1c2ccccc2c2ccnc(-c3cc([N+](=O)[O-])ccc3Cl)c21. The number of para-hydroxylation sites is 1. The van der Waals surface area contributed by atoms with E-state index in [2.05, 4.69) is 28.6 Å². The van der Waals surface area contributed by atoms with Crippen molar-refractivity contribution in [3.63, 3.8) is 0 Å². The molecular weight excluding hydrogens is 338 g/mol. The van der Waals surface area contributed by atoms with Crippen LogP contribution >= 0.6 is 11.6 Å². The van der Waals surface area contributed by atoms with Crippen LogP contribution in [0.25, 0.3) is 33.1 Å². The Labute approximate surface area is 148 Å². The molecule has 0 fully saturated rings. The Hall–Kier alpha value is -2.92. The molecule has 124 valence electrons. The Bertz CT molecular complexity index is 1130. The molecule has 0 spiro atoms. The van der Waals surface area contributed by atoms with E-state index in [4.69, 9.17) is 11.6 Å². The van der Waals surface area contributed by atoms with E-state index in [0.717, 1.165) is 28.4 Å². The molecule has 4 aromatic rings. The van der Waals surface area contributed by atoms with Crippen LogP contribution in [0.4, 0.5) is 5.69 Å². The molecule has 0 bridgehead atoms. The Balaban J connectivity index is 2.14. The number of fused-ring (bicyclic) bond motifs is 3. The van der Waals surface area contributed by atoms with E-state index in [1.54, 1.807) is 12.3 Å². The topological polar surface area (TPSA) is 61.0 Å². The highest BCUT2D eigenvalue weighted by Crippen LogP contribution is 2.38. The number of nitro benzene ring substituents is 1. The second-order valence-electron chi connectivity index (χ2n) is 5.74. The highest BCUT2D eigenvalue weighted by atomic mass is 35.5. The summed E-state index contributed by atoms with van der Waals surface area (Å²) in [7, 11) is 0. The largest absolute Gasteiger partial charge is 0.339 e. The maximum atomic E-state index is 11.2. The molecule has 4 rings (SSSR count). The molecule has 2 aromatic heterocycles. The maximum absolute atomic E-state index is 11.2. The molecule has 0 amide bonds. The van der Waals surface area contributed by atoms with E-state index in [-0.39, 0.29) is 5.69 Å². The summed E-state index contributed by atoms with van der Waals surface area (Å²) >= 11 is 6.36. The maximum Gasteiger partial charge on any atom is 0.270 e.